The predicted octanol–water partition coefficient (Wildman–Crippen LogP) is 0.576. The summed E-state index contributed by atoms with van der Waals surface area (Å²) >= 11 is 0. The van der Waals surface area contributed by atoms with E-state index in [-0.39, 0.29) is 0 Å². The molecule has 1 heterocycles. The van der Waals surface area contributed by atoms with Gasteiger partial charge in [-0.2, -0.15) is 0 Å². The highest BCUT2D eigenvalue weighted by molar-refractivity contribution is 5.83. The van der Waals surface area contributed by atoms with Crippen molar-refractivity contribution in [3.63, 3.8) is 0 Å². The molecule has 0 spiro atoms. The monoisotopic (exact) mass is 128 g/mol. The lowest BCUT2D eigenvalue weighted by atomic mass is 10.2. The number of hydroxylamine groups is 1. The van der Waals surface area contributed by atoms with Crippen LogP contribution in [0.15, 0.2) is 4.99 Å². The zero-order chi connectivity index (χ0) is 6.69. The Morgan fingerprint density at radius 3 is 2.78 bits per heavy atom. The van der Waals surface area contributed by atoms with Crippen LogP contribution in [0.2, 0.25) is 0 Å². The summed E-state index contributed by atoms with van der Waals surface area (Å²) in [4.78, 5) is 9.17. The summed E-state index contributed by atoms with van der Waals surface area (Å²) in [6.45, 7) is 5.65. The topological polar surface area (TPSA) is 33.6 Å². The van der Waals surface area contributed by atoms with Crippen molar-refractivity contribution in [3.8, 4) is 0 Å². The Bertz CT molecular complexity index is 120. The van der Waals surface area contributed by atoms with Gasteiger partial charge in [-0.1, -0.05) is 13.8 Å². The molecule has 1 rings (SSSR count). The van der Waals surface area contributed by atoms with E-state index in [1.807, 2.05) is 0 Å². The summed E-state index contributed by atoms with van der Waals surface area (Å²) in [6, 6.07) is 0. The van der Waals surface area contributed by atoms with Crippen molar-refractivity contribution in [2.24, 2.45) is 10.9 Å². The smallest absolute Gasteiger partial charge is 0.123 e. The van der Waals surface area contributed by atoms with Gasteiger partial charge in [0, 0.05) is 5.92 Å². The minimum Gasteiger partial charge on any atom is -0.273 e. The molecule has 1 N–H and O–H groups in total. The minimum atomic E-state index is 0.449. The predicted molar refractivity (Wildman–Crippen MR) is 36.2 cm³/mol. The van der Waals surface area contributed by atoms with Gasteiger partial charge in [-0.25, -0.2) is 0 Å². The summed E-state index contributed by atoms with van der Waals surface area (Å²) in [5, 5.41) is 0. The maximum Gasteiger partial charge on any atom is 0.123 e. The molecule has 0 bridgehead atoms. The number of amidine groups is 1. The molecule has 0 aromatic carbocycles. The van der Waals surface area contributed by atoms with Crippen LogP contribution < -0.4 is 5.48 Å². The number of hydrogen-bond donors (Lipinski definition) is 1. The Hall–Kier alpha value is -0.570. The van der Waals surface area contributed by atoms with Gasteiger partial charge in [0.25, 0.3) is 0 Å². The molecule has 3 heteroatoms. The molecule has 52 valence electrons. The number of aliphatic imine (C=N–C) groups is 1. The van der Waals surface area contributed by atoms with Gasteiger partial charge in [-0.3, -0.25) is 15.3 Å². The average Bonchev–Trinajstić information content (AvgIpc) is 1.90. The van der Waals surface area contributed by atoms with E-state index in [4.69, 9.17) is 4.84 Å². The maximum absolute atomic E-state index is 4.96. The van der Waals surface area contributed by atoms with Crippen LogP contribution in [-0.4, -0.2) is 19.0 Å². The van der Waals surface area contributed by atoms with Crippen molar-refractivity contribution in [2.45, 2.75) is 13.8 Å². The molecule has 1 aliphatic rings. The Kier molecular flexibility index (Phi) is 2.05. The lowest BCUT2D eigenvalue weighted by Crippen LogP contribution is -2.33. The van der Waals surface area contributed by atoms with E-state index in [0.717, 1.165) is 12.4 Å². The van der Waals surface area contributed by atoms with Crippen LogP contribution in [0, 0.1) is 5.92 Å². The third-order valence-electron chi connectivity index (χ3n) is 1.20. The fourth-order valence-corrected chi connectivity index (χ4v) is 0.669. The van der Waals surface area contributed by atoms with Gasteiger partial charge in [0.2, 0.25) is 0 Å². The summed E-state index contributed by atoms with van der Waals surface area (Å²) in [7, 11) is 0. The lowest BCUT2D eigenvalue weighted by Gasteiger charge is -2.16. The number of rotatable bonds is 1. The minimum absolute atomic E-state index is 0.449. The van der Waals surface area contributed by atoms with E-state index >= 15 is 0 Å². The zero-order valence-corrected chi connectivity index (χ0v) is 5.85. The van der Waals surface area contributed by atoms with E-state index < -0.39 is 0 Å². The van der Waals surface area contributed by atoms with E-state index in [1.54, 1.807) is 0 Å². The summed E-state index contributed by atoms with van der Waals surface area (Å²) in [5.74, 6) is 1.41. The van der Waals surface area contributed by atoms with Crippen molar-refractivity contribution in [2.75, 3.05) is 13.2 Å². The van der Waals surface area contributed by atoms with Gasteiger partial charge < -0.3 is 0 Å². The summed E-state index contributed by atoms with van der Waals surface area (Å²) in [6.07, 6.45) is 0. The Labute approximate surface area is 55.1 Å². The molecular weight excluding hydrogens is 116 g/mol. The molecule has 3 nitrogen and oxygen atoms in total. The molecule has 0 aliphatic carbocycles. The summed E-state index contributed by atoms with van der Waals surface area (Å²) < 4.78 is 0. The van der Waals surface area contributed by atoms with Crippen LogP contribution in [0.4, 0.5) is 0 Å². The van der Waals surface area contributed by atoms with Crippen molar-refractivity contribution in [1.29, 1.82) is 0 Å². The van der Waals surface area contributed by atoms with Crippen molar-refractivity contribution in [3.05, 3.63) is 0 Å². The van der Waals surface area contributed by atoms with Gasteiger partial charge in [-0.15, -0.1) is 0 Å². The molecule has 0 amide bonds. The first kappa shape index (κ1) is 6.55. The third kappa shape index (κ3) is 1.68. The molecule has 9 heavy (non-hydrogen) atoms. The van der Waals surface area contributed by atoms with Crippen LogP contribution in [0.3, 0.4) is 0 Å². The second-order valence-electron chi connectivity index (χ2n) is 2.37. The van der Waals surface area contributed by atoms with Gasteiger partial charge in [0.05, 0.1) is 13.2 Å². The Morgan fingerprint density at radius 1 is 1.67 bits per heavy atom. The first-order valence-electron chi connectivity index (χ1n) is 3.23. The van der Waals surface area contributed by atoms with Gasteiger partial charge >= 0.3 is 0 Å². The lowest BCUT2D eigenvalue weighted by molar-refractivity contribution is 0.0784. The van der Waals surface area contributed by atoms with Crippen molar-refractivity contribution < 1.29 is 4.84 Å². The Balaban J connectivity index is 2.46. The maximum atomic E-state index is 4.96. The van der Waals surface area contributed by atoms with E-state index in [0.29, 0.717) is 12.5 Å². The third-order valence-corrected chi connectivity index (χ3v) is 1.20. The molecule has 0 atom stereocenters. The normalized spacial score (nSPS) is 19.2. The van der Waals surface area contributed by atoms with E-state index in [2.05, 4.69) is 24.3 Å². The Morgan fingerprint density at radius 2 is 2.44 bits per heavy atom. The highest BCUT2D eigenvalue weighted by Crippen LogP contribution is 1.97. The number of nitrogens with one attached hydrogen (secondary N) is 1. The van der Waals surface area contributed by atoms with Crippen LogP contribution in [-0.2, 0) is 4.84 Å². The fourth-order valence-electron chi connectivity index (χ4n) is 0.669. The quantitative estimate of drug-likeness (QED) is 0.560. The van der Waals surface area contributed by atoms with Gasteiger partial charge in [0.15, 0.2) is 0 Å². The molecule has 0 unspecified atom stereocenters. The van der Waals surface area contributed by atoms with Crippen LogP contribution in [0.1, 0.15) is 13.8 Å². The number of hydrogen-bond acceptors (Lipinski definition) is 3. The molecule has 0 saturated carbocycles. The van der Waals surface area contributed by atoms with Crippen LogP contribution >= 0.6 is 0 Å². The van der Waals surface area contributed by atoms with Gasteiger partial charge in [0.1, 0.15) is 5.84 Å². The SMILES string of the molecule is CC(C)C1=NCCON1. The fraction of sp³-hybridized carbons (Fsp3) is 0.833. The van der Waals surface area contributed by atoms with Crippen molar-refractivity contribution >= 4 is 5.84 Å². The molecule has 0 fully saturated rings. The molecule has 0 saturated heterocycles. The van der Waals surface area contributed by atoms with Crippen molar-refractivity contribution in [1.82, 2.24) is 5.48 Å². The van der Waals surface area contributed by atoms with E-state index in [9.17, 15) is 0 Å². The van der Waals surface area contributed by atoms with Crippen LogP contribution in [0.25, 0.3) is 0 Å². The summed E-state index contributed by atoms with van der Waals surface area (Å²) in [5.41, 5.74) is 2.77. The first-order valence-corrected chi connectivity index (χ1v) is 3.23. The second-order valence-corrected chi connectivity index (χ2v) is 2.37. The largest absolute Gasteiger partial charge is 0.273 e. The van der Waals surface area contributed by atoms with Gasteiger partial charge in [-0.05, 0) is 0 Å². The highest BCUT2D eigenvalue weighted by atomic mass is 16.6. The molecular formula is C6H12N2O. The van der Waals surface area contributed by atoms with E-state index in [1.165, 1.54) is 0 Å². The molecule has 1 aliphatic heterocycles. The molecule has 0 aromatic heterocycles. The van der Waals surface area contributed by atoms with Crippen LogP contribution in [0.5, 0.6) is 0 Å². The standard InChI is InChI=1S/C6H12N2O/c1-5(2)6-7-3-4-9-8-6/h5H,3-4H2,1-2H3,(H,7,8). The molecule has 0 radical (unpaired) electrons. The average molecular weight is 128 g/mol. The first-order chi connectivity index (χ1) is 4.30. The second kappa shape index (κ2) is 2.82. The zero-order valence-electron chi connectivity index (χ0n) is 5.85. The highest BCUT2D eigenvalue weighted by Gasteiger charge is 2.06. The molecule has 0 aromatic rings. The number of nitrogens with zero attached hydrogens (tertiary/aromatic N) is 1.